The summed E-state index contributed by atoms with van der Waals surface area (Å²) in [5.74, 6) is 3.14. The van der Waals surface area contributed by atoms with Crippen LogP contribution in [0.1, 0.15) is 42.9 Å². The Hall–Kier alpha value is -0.0600. The number of nitrogens with one attached hydrogen (secondary N) is 1. The first-order valence-corrected chi connectivity index (χ1v) is 7.97. The summed E-state index contributed by atoms with van der Waals surface area (Å²) in [4.78, 5) is 4.83. The predicted molar refractivity (Wildman–Crippen MR) is 71.3 cm³/mol. The van der Waals surface area contributed by atoms with Crippen molar-refractivity contribution in [3.8, 4) is 0 Å². The SMILES string of the molecule is CC1(C)CC1c1nc(C2CSCCN2)cs1. The van der Waals surface area contributed by atoms with Crippen molar-refractivity contribution >= 4 is 23.1 Å². The standard InChI is InChI=1S/C12H18N2S2/c1-12(2)5-8(12)11-14-10(7-16-11)9-6-15-4-3-13-9/h7-9,13H,3-6H2,1-2H3. The van der Waals surface area contributed by atoms with Crippen molar-refractivity contribution in [2.24, 2.45) is 5.41 Å². The summed E-state index contributed by atoms with van der Waals surface area (Å²) in [6.45, 7) is 5.80. The summed E-state index contributed by atoms with van der Waals surface area (Å²) in [5, 5.41) is 7.17. The second-order valence-electron chi connectivity index (χ2n) is 5.44. The molecule has 2 heterocycles. The summed E-state index contributed by atoms with van der Waals surface area (Å²) in [6, 6.07) is 0.491. The molecule has 1 aliphatic heterocycles. The van der Waals surface area contributed by atoms with Crippen molar-refractivity contribution in [1.29, 1.82) is 0 Å². The molecule has 1 N–H and O–H groups in total. The van der Waals surface area contributed by atoms with Crippen molar-refractivity contribution < 1.29 is 0 Å². The number of nitrogens with zero attached hydrogens (tertiary/aromatic N) is 1. The van der Waals surface area contributed by atoms with E-state index in [2.05, 4.69) is 24.5 Å². The van der Waals surface area contributed by atoms with Crippen LogP contribution in [0.5, 0.6) is 0 Å². The molecular formula is C12H18N2S2. The van der Waals surface area contributed by atoms with Crippen LogP contribution >= 0.6 is 23.1 Å². The van der Waals surface area contributed by atoms with E-state index in [0.717, 1.165) is 12.5 Å². The van der Waals surface area contributed by atoms with E-state index in [-0.39, 0.29) is 0 Å². The van der Waals surface area contributed by atoms with Crippen LogP contribution in [0.4, 0.5) is 0 Å². The van der Waals surface area contributed by atoms with E-state index in [0.29, 0.717) is 11.5 Å². The Balaban J connectivity index is 1.72. The molecule has 1 aromatic rings. The molecule has 0 spiro atoms. The largest absolute Gasteiger partial charge is 0.307 e. The summed E-state index contributed by atoms with van der Waals surface area (Å²) in [7, 11) is 0. The van der Waals surface area contributed by atoms with Gasteiger partial charge in [-0.1, -0.05) is 13.8 Å². The van der Waals surface area contributed by atoms with Crippen LogP contribution < -0.4 is 5.32 Å². The van der Waals surface area contributed by atoms with Crippen LogP contribution in [0.25, 0.3) is 0 Å². The van der Waals surface area contributed by atoms with Gasteiger partial charge in [0.1, 0.15) is 0 Å². The van der Waals surface area contributed by atoms with Gasteiger partial charge < -0.3 is 5.32 Å². The fourth-order valence-corrected chi connectivity index (χ4v) is 4.40. The highest BCUT2D eigenvalue weighted by molar-refractivity contribution is 7.99. The lowest BCUT2D eigenvalue weighted by atomic mass is 10.1. The Morgan fingerprint density at radius 2 is 2.31 bits per heavy atom. The van der Waals surface area contributed by atoms with Gasteiger partial charge in [-0.15, -0.1) is 11.3 Å². The van der Waals surface area contributed by atoms with Crippen molar-refractivity contribution in [1.82, 2.24) is 10.3 Å². The third-order valence-electron chi connectivity index (χ3n) is 3.63. The minimum atomic E-state index is 0.491. The quantitative estimate of drug-likeness (QED) is 0.878. The molecule has 4 heteroatoms. The number of thioether (sulfide) groups is 1. The van der Waals surface area contributed by atoms with Crippen molar-refractivity contribution in [3.05, 3.63) is 16.1 Å². The number of rotatable bonds is 2. The highest BCUT2D eigenvalue weighted by Gasteiger charge is 2.48. The zero-order valence-corrected chi connectivity index (χ0v) is 11.5. The number of thiazole rings is 1. The molecule has 1 aromatic heterocycles. The van der Waals surface area contributed by atoms with E-state index in [4.69, 9.17) is 4.98 Å². The fraction of sp³-hybridized carbons (Fsp3) is 0.750. The lowest BCUT2D eigenvalue weighted by molar-refractivity contribution is 0.578. The summed E-state index contributed by atoms with van der Waals surface area (Å²) in [6.07, 6.45) is 1.31. The molecule has 88 valence electrons. The first kappa shape index (κ1) is 11.1. The normalized spacial score (nSPS) is 32.6. The van der Waals surface area contributed by atoms with Gasteiger partial charge in [-0.25, -0.2) is 4.98 Å². The summed E-state index contributed by atoms with van der Waals surface area (Å²) < 4.78 is 0. The van der Waals surface area contributed by atoms with Crippen LogP contribution in [-0.4, -0.2) is 23.0 Å². The minimum absolute atomic E-state index is 0.491. The number of hydrogen-bond acceptors (Lipinski definition) is 4. The predicted octanol–water partition coefficient (Wildman–Crippen LogP) is 3.03. The van der Waals surface area contributed by atoms with Crippen LogP contribution in [0, 0.1) is 5.41 Å². The van der Waals surface area contributed by atoms with E-state index in [1.807, 2.05) is 23.1 Å². The van der Waals surface area contributed by atoms with E-state index in [1.54, 1.807) is 0 Å². The Morgan fingerprint density at radius 1 is 1.50 bits per heavy atom. The van der Waals surface area contributed by atoms with Gasteiger partial charge in [0.25, 0.3) is 0 Å². The molecule has 0 bridgehead atoms. The molecule has 1 saturated carbocycles. The molecule has 1 saturated heterocycles. The zero-order valence-electron chi connectivity index (χ0n) is 9.82. The maximum Gasteiger partial charge on any atom is 0.0965 e. The van der Waals surface area contributed by atoms with Crippen LogP contribution in [0.2, 0.25) is 0 Å². The Kier molecular flexibility index (Phi) is 2.76. The fourth-order valence-electron chi connectivity index (χ4n) is 2.26. The van der Waals surface area contributed by atoms with Gasteiger partial charge in [-0.05, 0) is 11.8 Å². The van der Waals surface area contributed by atoms with E-state index < -0.39 is 0 Å². The monoisotopic (exact) mass is 254 g/mol. The van der Waals surface area contributed by atoms with Gasteiger partial charge in [0.15, 0.2) is 0 Å². The average Bonchev–Trinajstić information content (AvgIpc) is 2.76. The molecule has 16 heavy (non-hydrogen) atoms. The third-order valence-corrected chi connectivity index (χ3v) is 5.67. The topological polar surface area (TPSA) is 24.9 Å². The zero-order chi connectivity index (χ0) is 11.2. The molecule has 3 rings (SSSR count). The van der Waals surface area contributed by atoms with Crippen molar-refractivity contribution in [3.63, 3.8) is 0 Å². The molecule has 2 atom stereocenters. The highest BCUT2D eigenvalue weighted by atomic mass is 32.2. The second-order valence-corrected chi connectivity index (χ2v) is 7.48. The maximum absolute atomic E-state index is 4.83. The average molecular weight is 254 g/mol. The Labute approximate surface area is 105 Å². The molecule has 0 amide bonds. The first-order valence-electron chi connectivity index (χ1n) is 5.93. The molecule has 2 aliphatic rings. The van der Waals surface area contributed by atoms with Gasteiger partial charge in [0.2, 0.25) is 0 Å². The highest BCUT2D eigenvalue weighted by Crippen LogP contribution is 2.59. The summed E-state index contributed by atoms with van der Waals surface area (Å²) in [5.41, 5.74) is 1.78. The van der Waals surface area contributed by atoms with Gasteiger partial charge >= 0.3 is 0 Å². The van der Waals surface area contributed by atoms with E-state index in [1.165, 1.54) is 28.6 Å². The van der Waals surface area contributed by atoms with Crippen LogP contribution in [-0.2, 0) is 0 Å². The minimum Gasteiger partial charge on any atom is -0.307 e. The molecule has 0 aromatic carbocycles. The third kappa shape index (κ3) is 2.03. The number of hydrogen-bond donors (Lipinski definition) is 1. The molecule has 2 nitrogen and oxygen atoms in total. The first-order chi connectivity index (χ1) is 7.67. The Morgan fingerprint density at radius 3 is 2.94 bits per heavy atom. The molecule has 2 unspecified atom stereocenters. The van der Waals surface area contributed by atoms with Gasteiger partial charge in [0, 0.05) is 29.3 Å². The maximum atomic E-state index is 4.83. The molecular weight excluding hydrogens is 236 g/mol. The van der Waals surface area contributed by atoms with Crippen molar-refractivity contribution in [2.45, 2.75) is 32.2 Å². The van der Waals surface area contributed by atoms with Crippen LogP contribution in [0.3, 0.4) is 0 Å². The van der Waals surface area contributed by atoms with E-state index >= 15 is 0 Å². The number of aromatic nitrogens is 1. The van der Waals surface area contributed by atoms with Gasteiger partial charge in [-0.2, -0.15) is 11.8 Å². The van der Waals surface area contributed by atoms with Gasteiger partial charge in [0.05, 0.1) is 16.7 Å². The molecule has 1 aliphatic carbocycles. The molecule has 0 radical (unpaired) electrons. The van der Waals surface area contributed by atoms with Crippen LogP contribution in [0.15, 0.2) is 5.38 Å². The van der Waals surface area contributed by atoms with Gasteiger partial charge in [-0.3, -0.25) is 0 Å². The lowest BCUT2D eigenvalue weighted by Gasteiger charge is -2.21. The Bertz CT molecular complexity index is 380. The lowest BCUT2D eigenvalue weighted by Crippen LogP contribution is -2.30. The molecule has 2 fully saturated rings. The summed E-state index contributed by atoms with van der Waals surface area (Å²) >= 11 is 3.89. The van der Waals surface area contributed by atoms with E-state index in [9.17, 15) is 0 Å². The second kappa shape index (κ2) is 4.00. The smallest absolute Gasteiger partial charge is 0.0965 e. The van der Waals surface area contributed by atoms with Crippen molar-refractivity contribution in [2.75, 3.05) is 18.1 Å².